The second-order valence-corrected chi connectivity index (χ2v) is 4.66. The lowest BCUT2D eigenvalue weighted by atomic mass is 10.1. The third kappa shape index (κ3) is 2.16. The SMILES string of the molecule is NCC#Cc1cc(N2C(=O)c3ccccc3C2=O)ccc1F. The van der Waals surface area contributed by atoms with Gasteiger partial charge in [-0.1, -0.05) is 24.0 Å². The van der Waals surface area contributed by atoms with Crippen LogP contribution in [0.1, 0.15) is 26.3 Å². The van der Waals surface area contributed by atoms with Gasteiger partial charge in [0.25, 0.3) is 11.8 Å². The quantitative estimate of drug-likeness (QED) is 0.646. The number of halogens is 1. The first kappa shape index (κ1) is 14.0. The first-order valence-electron chi connectivity index (χ1n) is 6.60. The molecule has 5 heteroatoms. The first-order chi connectivity index (χ1) is 10.6. The summed E-state index contributed by atoms with van der Waals surface area (Å²) in [6.45, 7) is 0.0939. The van der Waals surface area contributed by atoms with Gasteiger partial charge >= 0.3 is 0 Å². The Labute approximate surface area is 126 Å². The third-order valence-electron chi connectivity index (χ3n) is 3.33. The molecule has 0 fully saturated rings. The largest absolute Gasteiger partial charge is 0.320 e. The van der Waals surface area contributed by atoms with E-state index in [4.69, 9.17) is 5.73 Å². The number of hydrogen-bond donors (Lipinski definition) is 1. The van der Waals surface area contributed by atoms with Crippen LogP contribution in [-0.4, -0.2) is 18.4 Å². The van der Waals surface area contributed by atoms with Crippen LogP contribution in [0.3, 0.4) is 0 Å². The van der Waals surface area contributed by atoms with Crippen LogP contribution >= 0.6 is 0 Å². The number of anilines is 1. The van der Waals surface area contributed by atoms with Crippen LogP contribution in [0.5, 0.6) is 0 Å². The molecule has 0 radical (unpaired) electrons. The summed E-state index contributed by atoms with van der Waals surface area (Å²) in [5, 5.41) is 0. The third-order valence-corrected chi connectivity index (χ3v) is 3.33. The van der Waals surface area contributed by atoms with Gasteiger partial charge in [0.15, 0.2) is 0 Å². The zero-order valence-electron chi connectivity index (χ0n) is 11.5. The van der Waals surface area contributed by atoms with E-state index in [1.807, 2.05) is 0 Å². The number of rotatable bonds is 1. The molecule has 0 bridgehead atoms. The van der Waals surface area contributed by atoms with Crippen molar-refractivity contribution in [1.82, 2.24) is 0 Å². The molecular weight excluding hydrogens is 283 g/mol. The molecule has 0 saturated heterocycles. The van der Waals surface area contributed by atoms with Crippen molar-refractivity contribution in [3.05, 3.63) is 65.0 Å². The molecule has 4 nitrogen and oxygen atoms in total. The van der Waals surface area contributed by atoms with E-state index in [0.29, 0.717) is 11.1 Å². The van der Waals surface area contributed by atoms with E-state index < -0.39 is 17.6 Å². The van der Waals surface area contributed by atoms with E-state index in [9.17, 15) is 14.0 Å². The summed E-state index contributed by atoms with van der Waals surface area (Å²) in [7, 11) is 0. The number of imide groups is 1. The van der Waals surface area contributed by atoms with Gasteiger partial charge in [-0.2, -0.15) is 0 Å². The standard InChI is InChI=1S/C17H11FN2O2/c18-15-8-7-12(10-11(15)4-3-9-19)20-16(21)13-5-1-2-6-14(13)17(20)22/h1-2,5-8,10H,9,19H2. The lowest BCUT2D eigenvalue weighted by Crippen LogP contribution is -2.29. The van der Waals surface area contributed by atoms with E-state index >= 15 is 0 Å². The van der Waals surface area contributed by atoms with Gasteiger partial charge in [-0.3, -0.25) is 9.59 Å². The molecule has 108 valence electrons. The van der Waals surface area contributed by atoms with Gasteiger partial charge in [0.2, 0.25) is 0 Å². The van der Waals surface area contributed by atoms with Gasteiger partial charge < -0.3 is 5.73 Å². The molecule has 1 heterocycles. The minimum absolute atomic E-state index is 0.0939. The Kier molecular flexibility index (Phi) is 3.45. The molecule has 0 aromatic heterocycles. The van der Waals surface area contributed by atoms with Gasteiger partial charge in [0, 0.05) is 0 Å². The smallest absolute Gasteiger partial charge is 0.266 e. The van der Waals surface area contributed by atoms with Gasteiger partial charge in [-0.05, 0) is 30.3 Å². The van der Waals surface area contributed by atoms with Crippen molar-refractivity contribution in [3.63, 3.8) is 0 Å². The molecule has 0 atom stereocenters. The molecule has 0 saturated carbocycles. The maximum absolute atomic E-state index is 13.7. The molecule has 2 N–H and O–H groups in total. The zero-order chi connectivity index (χ0) is 15.7. The normalized spacial score (nSPS) is 12.9. The summed E-state index contributed by atoms with van der Waals surface area (Å²) in [4.78, 5) is 25.8. The van der Waals surface area contributed by atoms with E-state index in [-0.39, 0.29) is 17.8 Å². The van der Waals surface area contributed by atoms with Crippen molar-refractivity contribution < 1.29 is 14.0 Å². The van der Waals surface area contributed by atoms with E-state index in [0.717, 1.165) is 4.90 Å². The van der Waals surface area contributed by atoms with E-state index in [2.05, 4.69) is 11.8 Å². The Bertz CT molecular complexity index is 814. The van der Waals surface area contributed by atoms with Gasteiger partial charge in [0.05, 0.1) is 28.9 Å². The van der Waals surface area contributed by atoms with Crippen LogP contribution < -0.4 is 10.6 Å². The number of benzene rings is 2. The Hall–Kier alpha value is -2.97. The number of nitrogens with two attached hydrogens (primary N) is 1. The predicted octanol–water partition coefficient (Wildman–Crippen LogP) is 1.94. The Morgan fingerprint density at radius 1 is 1.05 bits per heavy atom. The fourth-order valence-corrected chi connectivity index (χ4v) is 2.32. The zero-order valence-corrected chi connectivity index (χ0v) is 11.5. The van der Waals surface area contributed by atoms with Crippen LogP contribution in [-0.2, 0) is 0 Å². The van der Waals surface area contributed by atoms with Crippen LogP contribution in [0.25, 0.3) is 0 Å². The molecule has 2 amide bonds. The lowest BCUT2D eigenvalue weighted by Gasteiger charge is -2.14. The lowest BCUT2D eigenvalue weighted by molar-refractivity contribution is 0.0926. The summed E-state index contributed by atoms with van der Waals surface area (Å²) < 4.78 is 13.7. The minimum Gasteiger partial charge on any atom is -0.320 e. The van der Waals surface area contributed by atoms with Gasteiger partial charge in [-0.15, -0.1) is 0 Å². The number of carbonyl (C=O) groups excluding carboxylic acids is 2. The van der Waals surface area contributed by atoms with Crippen molar-refractivity contribution in [2.45, 2.75) is 0 Å². The highest BCUT2D eigenvalue weighted by molar-refractivity contribution is 6.34. The monoisotopic (exact) mass is 294 g/mol. The minimum atomic E-state index is -0.527. The summed E-state index contributed by atoms with van der Waals surface area (Å²) in [5.41, 5.74) is 6.33. The maximum Gasteiger partial charge on any atom is 0.266 e. The molecule has 22 heavy (non-hydrogen) atoms. The first-order valence-corrected chi connectivity index (χ1v) is 6.60. The number of nitrogens with zero attached hydrogens (tertiary/aromatic N) is 1. The average molecular weight is 294 g/mol. The average Bonchev–Trinajstić information content (AvgIpc) is 2.79. The van der Waals surface area contributed by atoms with Crippen molar-refractivity contribution in [1.29, 1.82) is 0 Å². The molecule has 3 rings (SSSR count). The highest BCUT2D eigenvalue weighted by Crippen LogP contribution is 2.29. The number of carbonyl (C=O) groups is 2. The molecule has 2 aromatic carbocycles. The Morgan fingerprint density at radius 2 is 1.68 bits per heavy atom. The fourth-order valence-electron chi connectivity index (χ4n) is 2.32. The number of hydrogen-bond acceptors (Lipinski definition) is 3. The highest BCUT2D eigenvalue weighted by atomic mass is 19.1. The fraction of sp³-hybridized carbons (Fsp3) is 0.0588. The van der Waals surface area contributed by atoms with Crippen molar-refractivity contribution >= 4 is 17.5 Å². The predicted molar refractivity (Wildman–Crippen MR) is 79.9 cm³/mol. The molecular formula is C17H11FN2O2. The van der Waals surface area contributed by atoms with Crippen LogP contribution in [0.4, 0.5) is 10.1 Å². The van der Waals surface area contributed by atoms with Crippen molar-refractivity contribution in [2.75, 3.05) is 11.4 Å². The van der Waals surface area contributed by atoms with Crippen LogP contribution in [0.2, 0.25) is 0 Å². The molecule has 0 spiro atoms. The molecule has 1 aliphatic rings. The topological polar surface area (TPSA) is 63.4 Å². The van der Waals surface area contributed by atoms with E-state index in [1.165, 1.54) is 18.2 Å². The Balaban J connectivity index is 2.06. The van der Waals surface area contributed by atoms with Crippen LogP contribution in [0, 0.1) is 17.7 Å². The maximum atomic E-state index is 13.7. The summed E-state index contributed by atoms with van der Waals surface area (Å²) in [6.07, 6.45) is 0. The number of fused-ring (bicyclic) bond motifs is 1. The molecule has 0 unspecified atom stereocenters. The summed E-state index contributed by atoms with van der Waals surface area (Å²) >= 11 is 0. The number of amides is 2. The van der Waals surface area contributed by atoms with Gasteiger partial charge in [-0.25, -0.2) is 9.29 Å². The highest BCUT2D eigenvalue weighted by Gasteiger charge is 2.36. The van der Waals surface area contributed by atoms with Crippen LogP contribution in [0.15, 0.2) is 42.5 Å². The second kappa shape index (κ2) is 5.43. The summed E-state index contributed by atoms with van der Waals surface area (Å²) in [6, 6.07) is 10.5. The molecule has 0 aliphatic carbocycles. The van der Waals surface area contributed by atoms with Gasteiger partial charge in [0.1, 0.15) is 5.82 Å². The second-order valence-electron chi connectivity index (χ2n) is 4.66. The molecule has 1 aliphatic heterocycles. The summed E-state index contributed by atoms with van der Waals surface area (Å²) in [5.74, 6) is 3.76. The Morgan fingerprint density at radius 3 is 2.27 bits per heavy atom. The molecule has 2 aromatic rings. The van der Waals surface area contributed by atoms with Crippen molar-refractivity contribution in [3.8, 4) is 11.8 Å². The van der Waals surface area contributed by atoms with E-state index in [1.54, 1.807) is 24.3 Å². The van der Waals surface area contributed by atoms with Crippen molar-refractivity contribution in [2.24, 2.45) is 5.73 Å².